The van der Waals surface area contributed by atoms with Crippen LogP contribution in [0.25, 0.3) is 11.1 Å². The van der Waals surface area contributed by atoms with Crippen LogP contribution in [-0.4, -0.2) is 41.8 Å². The third-order valence-corrected chi connectivity index (χ3v) is 7.21. The molecule has 1 unspecified atom stereocenters. The summed E-state index contributed by atoms with van der Waals surface area (Å²) in [4.78, 5) is 36.6. The number of fused-ring (bicyclic) bond motifs is 3. The molecule has 1 saturated carbocycles. The number of amides is 2. The second kappa shape index (κ2) is 10.1. The lowest BCUT2D eigenvalue weighted by atomic mass is 9.84. The molecule has 2 aliphatic rings. The molecule has 0 spiro atoms. The van der Waals surface area contributed by atoms with Crippen LogP contribution in [0.15, 0.2) is 48.5 Å². The number of benzene rings is 2. The topological polar surface area (TPSA) is 105 Å². The molecular weight excluding hydrogens is 444 g/mol. The first-order valence-corrected chi connectivity index (χ1v) is 12.3. The van der Waals surface area contributed by atoms with Gasteiger partial charge in [0.05, 0.1) is 6.42 Å². The highest BCUT2D eigenvalue weighted by molar-refractivity contribution is 5.81. The Kier molecular flexibility index (Phi) is 7.15. The highest BCUT2D eigenvalue weighted by Crippen LogP contribution is 2.44. The molecule has 4 rings (SSSR count). The van der Waals surface area contributed by atoms with Crippen molar-refractivity contribution in [1.82, 2.24) is 10.6 Å². The van der Waals surface area contributed by atoms with E-state index in [0.717, 1.165) is 11.1 Å². The van der Waals surface area contributed by atoms with E-state index in [2.05, 4.69) is 34.9 Å². The summed E-state index contributed by atoms with van der Waals surface area (Å²) in [6.45, 7) is 5.99. The zero-order chi connectivity index (χ0) is 25.2. The number of carboxylic acids is 1. The van der Waals surface area contributed by atoms with Crippen LogP contribution in [0.4, 0.5) is 4.79 Å². The van der Waals surface area contributed by atoms with Crippen molar-refractivity contribution < 1.29 is 24.2 Å². The monoisotopic (exact) mass is 478 g/mol. The van der Waals surface area contributed by atoms with Gasteiger partial charge in [-0.15, -0.1) is 0 Å². The molecule has 0 bridgehead atoms. The van der Waals surface area contributed by atoms with Gasteiger partial charge >= 0.3 is 12.1 Å². The summed E-state index contributed by atoms with van der Waals surface area (Å²) < 4.78 is 5.63. The number of carboxylic acid groups (broad SMARTS) is 1. The van der Waals surface area contributed by atoms with Gasteiger partial charge in [0.25, 0.3) is 0 Å². The minimum Gasteiger partial charge on any atom is -0.481 e. The number of rotatable bonds is 7. The molecule has 0 radical (unpaired) electrons. The van der Waals surface area contributed by atoms with Gasteiger partial charge in [-0.05, 0) is 46.9 Å². The number of hydrogen-bond acceptors (Lipinski definition) is 4. The largest absolute Gasteiger partial charge is 0.481 e. The van der Waals surface area contributed by atoms with E-state index in [1.807, 2.05) is 45.0 Å². The van der Waals surface area contributed by atoms with Crippen LogP contribution in [-0.2, 0) is 14.3 Å². The summed E-state index contributed by atoms with van der Waals surface area (Å²) in [7, 11) is 0. The molecular formula is C28H34N2O5. The molecule has 2 aromatic rings. The van der Waals surface area contributed by atoms with Gasteiger partial charge in [-0.25, -0.2) is 4.79 Å². The number of aliphatic carboxylic acids is 1. The maximum Gasteiger partial charge on any atom is 0.407 e. The molecule has 7 heteroatoms. The predicted molar refractivity (Wildman–Crippen MR) is 133 cm³/mol. The first-order valence-electron chi connectivity index (χ1n) is 12.3. The van der Waals surface area contributed by atoms with Crippen LogP contribution in [0.5, 0.6) is 0 Å². The molecule has 35 heavy (non-hydrogen) atoms. The van der Waals surface area contributed by atoms with E-state index in [4.69, 9.17) is 4.74 Å². The van der Waals surface area contributed by atoms with Crippen LogP contribution >= 0.6 is 0 Å². The van der Waals surface area contributed by atoms with E-state index in [9.17, 15) is 19.5 Å². The standard InChI is InChI=1S/C28H34N2O5/c1-28(2,3)24(15-25(31)32)30-26(33)17-12-13-18(14-17)29-27(34)35-16-23-21-10-6-4-8-19(21)20-9-5-7-11-22(20)23/h4-11,17-18,23-24H,12-16H2,1-3H3,(H,29,34)(H,30,33)(H,31,32)/t17-,18+,24?/m1/s1. The molecule has 186 valence electrons. The van der Waals surface area contributed by atoms with Crippen molar-refractivity contribution in [3.63, 3.8) is 0 Å². The fourth-order valence-corrected chi connectivity index (χ4v) is 5.20. The summed E-state index contributed by atoms with van der Waals surface area (Å²) in [5, 5.41) is 15.0. The van der Waals surface area contributed by atoms with Gasteiger partial charge in [0, 0.05) is 23.9 Å². The fourth-order valence-electron chi connectivity index (χ4n) is 5.20. The van der Waals surface area contributed by atoms with Gasteiger partial charge in [-0.1, -0.05) is 69.3 Å². The van der Waals surface area contributed by atoms with Crippen molar-refractivity contribution in [2.45, 2.75) is 64.5 Å². The molecule has 0 heterocycles. The lowest BCUT2D eigenvalue weighted by Gasteiger charge is -2.31. The Bertz CT molecular complexity index is 1060. The molecule has 1 fully saturated rings. The maximum atomic E-state index is 12.8. The molecule has 3 atom stereocenters. The van der Waals surface area contributed by atoms with Crippen LogP contribution in [0.3, 0.4) is 0 Å². The summed E-state index contributed by atoms with van der Waals surface area (Å²) in [5.41, 5.74) is 4.31. The third-order valence-electron chi connectivity index (χ3n) is 7.21. The first kappa shape index (κ1) is 24.8. The second-order valence-electron chi connectivity index (χ2n) is 10.7. The van der Waals surface area contributed by atoms with E-state index in [1.165, 1.54) is 11.1 Å². The maximum absolute atomic E-state index is 12.8. The van der Waals surface area contributed by atoms with Crippen molar-refractivity contribution in [2.75, 3.05) is 6.61 Å². The minimum atomic E-state index is -0.938. The first-order chi connectivity index (χ1) is 16.6. The summed E-state index contributed by atoms with van der Waals surface area (Å²) in [6, 6.07) is 15.8. The summed E-state index contributed by atoms with van der Waals surface area (Å²) in [5.74, 6) is -1.35. The molecule has 0 saturated heterocycles. The van der Waals surface area contributed by atoms with Crippen LogP contribution in [0.1, 0.15) is 63.5 Å². The molecule has 2 amide bonds. The summed E-state index contributed by atoms with van der Waals surface area (Å²) >= 11 is 0. The third kappa shape index (κ3) is 5.66. The fraction of sp³-hybridized carbons (Fsp3) is 0.464. The van der Waals surface area contributed by atoms with Crippen LogP contribution in [0, 0.1) is 11.3 Å². The number of nitrogens with one attached hydrogen (secondary N) is 2. The van der Waals surface area contributed by atoms with Crippen LogP contribution in [0.2, 0.25) is 0 Å². The smallest absolute Gasteiger partial charge is 0.407 e. The van der Waals surface area contributed by atoms with E-state index in [-0.39, 0.29) is 42.2 Å². The Labute approximate surface area is 206 Å². The van der Waals surface area contributed by atoms with E-state index in [1.54, 1.807) is 0 Å². The highest BCUT2D eigenvalue weighted by atomic mass is 16.5. The molecule has 2 aromatic carbocycles. The van der Waals surface area contributed by atoms with Gasteiger partial charge in [-0.2, -0.15) is 0 Å². The number of carbonyl (C=O) groups is 3. The van der Waals surface area contributed by atoms with E-state index in [0.29, 0.717) is 19.3 Å². The Balaban J connectivity index is 1.29. The molecule has 0 aromatic heterocycles. The molecule has 7 nitrogen and oxygen atoms in total. The van der Waals surface area contributed by atoms with Gasteiger partial charge in [0.2, 0.25) is 5.91 Å². The predicted octanol–water partition coefficient (Wildman–Crippen LogP) is 4.70. The highest BCUT2D eigenvalue weighted by Gasteiger charge is 2.35. The van der Waals surface area contributed by atoms with Gasteiger partial charge in [-0.3, -0.25) is 9.59 Å². The zero-order valence-electron chi connectivity index (χ0n) is 20.5. The van der Waals surface area contributed by atoms with Crippen LogP contribution < -0.4 is 10.6 Å². The Morgan fingerprint density at radius 3 is 2.17 bits per heavy atom. The SMILES string of the molecule is CC(C)(C)C(CC(=O)O)NC(=O)[C@@H]1CC[C@H](NC(=O)OCC2c3ccccc3-c3ccccc32)C1. The quantitative estimate of drug-likeness (QED) is 0.535. The lowest BCUT2D eigenvalue weighted by Crippen LogP contribution is -2.47. The average molecular weight is 479 g/mol. The molecule has 2 aliphatic carbocycles. The molecule has 0 aliphatic heterocycles. The lowest BCUT2D eigenvalue weighted by molar-refractivity contribution is -0.138. The molecule has 3 N–H and O–H groups in total. The van der Waals surface area contributed by atoms with Gasteiger partial charge in [0.1, 0.15) is 6.61 Å². The number of ether oxygens (including phenoxy) is 1. The van der Waals surface area contributed by atoms with E-state index < -0.39 is 18.1 Å². The van der Waals surface area contributed by atoms with Gasteiger partial charge in [0.15, 0.2) is 0 Å². The Hall–Kier alpha value is -3.35. The van der Waals surface area contributed by atoms with Gasteiger partial charge < -0.3 is 20.5 Å². The minimum absolute atomic E-state index is 0.00109. The Morgan fingerprint density at radius 1 is 1.00 bits per heavy atom. The Morgan fingerprint density at radius 2 is 1.60 bits per heavy atom. The van der Waals surface area contributed by atoms with Crippen molar-refractivity contribution in [1.29, 1.82) is 0 Å². The van der Waals surface area contributed by atoms with Crippen molar-refractivity contribution in [3.8, 4) is 11.1 Å². The number of hydrogen-bond donors (Lipinski definition) is 3. The number of carbonyl (C=O) groups excluding carboxylic acids is 2. The normalized spacial score (nSPS) is 20.0. The second-order valence-corrected chi connectivity index (χ2v) is 10.7. The zero-order valence-corrected chi connectivity index (χ0v) is 20.5. The summed E-state index contributed by atoms with van der Waals surface area (Å²) in [6.07, 6.45) is 1.24. The average Bonchev–Trinajstić information content (AvgIpc) is 3.39. The van der Waals surface area contributed by atoms with Crippen molar-refractivity contribution in [3.05, 3.63) is 59.7 Å². The van der Waals surface area contributed by atoms with Crippen molar-refractivity contribution >= 4 is 18.0 Å². The van der Waals surface area contributed by atoms with Crippen molar-refractivity contribution in [2.24, 2.45) is 11.3 Å². The number of alkyl carbamates (subject to hydrolysis) is 1. The van der Waals surface area contributed by atoms with E-state index >= 15 is 0 Å².